The monoisotopic (exact) mass is 70.0 g/mol. The fourth-order valence-corrected chi connectivity index (χ4v) is 0. The summed E-state index contributed by atoms with van der Waals surface area (Å²) in [5.41, 5.74) is 0. The van der Waals surface area contributed by atoms with Crippen LogP contribution in [0.1, 0.15) is 0 Å². The van der Waals surface area contributed by atoms with Crippen LogP contribution in [-0.2, 0) is 0 Å². The topological polar surface area (TPSA) is 63.0 Å². The molecule has 20 valence electrons. The third-order valence-electron chi connectivity index (χ3n) is 0. The van der Waals surface area contributed by atoms with Gasteiger partial charge in [-0.05, 0) is 0 Å². The number of hydrogen-bond acceptors (Lipinski definition) is 0. The van der Waals surface area contributed by atoms with E-state index in [0.29, 0.717) is 0 Å². The van der Waals surface area contributed by atoms with E-state index < -0.39 is 0 Å². The molecule has 0 aliphatic heterocycles. The van der Waals surface area contributed by atoms with Crippen molar-refractivity contribution < 1.29 is 11.0 Å². The molecule has 0 amide bonds. The van der Waals surface area contributed by atoms with Crippen molar-refractivity contribution in [1.82, 2.24) is 0 Å². The molecule has 4 N–H and O–H groups in total. The van der Waals surface area contributed by atoms with E-state index in [1.807, 2.05) is 0 Å². The van der Waals surface area contributed by atoms with Crippen LogP contribution >= 0.6 is 0 Å². The SMILES string of the molecule is O.O.[B].[Na]. The maximum Gasteiger partial charge on any atom is 0 e. The average molecular weight is 69.8 g/mol. The van der Waals surface area contributed by atoms with Gasteiger partial charge in [0, 0.05) is 38.0 Å². The smallest absolute Gasteiger partial charge is 0 e. The van der Waals surface area contributed by atoms with Crippen LogP contribution in [0, 0.1) is 0 Å². The van der Waals surface area contributed by atoms with Crippen molar-refractivity contribution in [2.24, 2.45) is 0 Å². The Hall–Kier alpha value is 0.985. The van der Waals surface area contributed by atoms with Crippen LogP contribution in [0.4, 0.5) is 0 Å². The molecule has 0 aromatic rings. The quantitative estimate of drug-likeness (QED) is 0.285. The van der Waals surface area contributed by atoms with Crippen LogP contribution in [0.5, 0.6) is 0 Å². The van der Waals surface area contributed by atoms with Gasteiger partial charge in [-0.2, -0.15) is 0 Å². The van der Waals surface area contributed by atoms with Crippen molar-refractivity contribution in [3.05, 3.63) is 0 Å². The van der Waals surface area contributed by atoms with E-state index in [4.69, 9.17) is 0 Å². The predicted octanol–water partition coefficient (Wildman–Crippen LogP) is -2.41. The minimum absolute atomic E-state index is 0. The number of rotatable bonds is 0. The normalized spacial score (nSPS) is 0. The largest absolute Gasteiger partial charge is 0.412 e. The zero-order valence-electron chi connectivity index (χ0n) is 2.58. The summed E-state index contributed by atoms with van der Waals surface area (Å²) in [6, 6.07) is 0. The van der Waals surface area contributed by atoms with Crippen LogP contribution < -0.4 is 0 Å². The van der Waals surface area contributed by atoms with Crippen molar-refractivity contribution in [2.75, 3.05) is 0 Å². The second-order valence-electron chi connectivity index (χ2n) is 0. The Morgan fingerprint density at radius 1 is 0.750 bits per heavy atom. The fraction of sp³-hybridized carbons (Fsp3) is 0. The van der Waals surface area contributed by atoms with Gasteiger partial charge in [0.1, 0.15) is 0 Å². The van der Waals surface area contributed by atoms with Crippen LogP contribution in [-0.4, -0.2) is 48.9 Å². The van der Waals surface area contributed by atoms with Crippen molar-refractivity contribution in [2.45, 2.75) is 0 Å². The number of hydrogen-bond donors (Lipinski definition) is 0. The molecule has 0 spiro atoms. The van der Waals surface area contributed by atoms with Gasteiger partial charge in [-0.3, -0.25) is 0 Å². The summed E-state index contributed by atoms with van der Waals surface area (Å²) < 4.78 is 0. The molecule has 4 heavy (non-hydrogen) atoms. The molecule has 0 unspecified atom stereocenters. The first-order chi connectivity index (χ1) is 0. The summed E-state index contributed by atoms with van der Waals surface area (Å²) in [6.45, 7) is 0. The second-order valence-corrected chi connectivity index (χ2v) is 0. The maximum atomic E-state index is 0. The third kappa shape index (κ3) is 12.1. The zero-order valence-corrected chi connectivity index (χ0v) is 4.58. The van der Waals surface area contributed by atoms with E-state index in [0.717, 1.165) is 0 Å². The maximum absolute atomic E-state index is 0. The molecular weight excluding hydrogens is 65.8 g/mol. The van der Waals surface area contributed by atoms with Gasteiger partial charge < -0.3 is 11.0 Å². The van der Waals surface area contributed by atoms with E-state index in [9.17, 15) is 0 Å². The van der Waals surface area contributed by atoms with Crippen molar-refractivity contribution >= 4 is 38.0 Å². The molecular formula is H4BNaO2. The zero-order chi connectivity index (χ0) is 0. The molecule has 0 fully saturated rings. The Morgan fingerprint density at radius 3 is 0.750 bits per heavy atom. The molecule has 4 heteroatoms. The molecule has 0 rings (SSSR count). The van der Waals surface area contributed by atoms with Gasteiger partial charge in [-0.1, -0.05) is 0 Å². The van der Waals surface area contributed by atoms with Gasteiger partial charge in [0.15, 0.2) is 0 Å². The molecule has 0 aromatic carbocycles. The van der Waals surface area contributed by atoms with Gasteiger partial charge >= 0.3 is 0 Å². The fourth-order valence-electron chi connectivity index (χ4n) is 0. The molecule has 0 heterocycles. The molecule has 0 aliphatic carbocycles. The predicted molar refractivity (Wildman–Crippen MR) is 18.7 cm³/mol. The molecule has 0 bridgehead atoms. The molecule has 0 saturated carbocycles. The summed E-state index contributed by atoms with van der Waals surface area (Å²) in [5, 5.41) is 0. The molecule has 0 aromatic heterocycles. The Labute approximate surface area is 49.1 Å². The summed E-state index contributed by atoms with van der Waals surface area (Å²) in [6.07, 6.45) is 0. The molecule has 2 nitrogen and oxygen atoms in total. The first-order valence-corrected chi connectivity index (χ1v) is 0. The van der Waals surface area contributed by atoms with Crippen molar-refractivity contribution in [1.29, 1.82) is 0 Å². The molecule has 0 aliphatic rings. The summed E-state index contributed by atoms with van der Waals surface area (Å²) in [5.74, 6) is 0. The minimum atomic E-state index is 0. The summed E-state index contributed by atoms with van der Waals surface area (Å²) >= 11 is 0. The van der Waals surface area contributed by atoms with E-state index >= 15 is 0 Å². The summed E-state index contributed by atoms with van der Waals surface area (Å²) in [7, 11) is 0. The van der Waals surface area contributed by atoms with Crippen molar-refractivity contribution in [3.63, 3.8) is 0 Å². The van der Waals surface area contributed by atoms with E-state index in [1.54, 1.807) is 0 Å². The molecule has 0 atom stereocenters. The van der Waals surface area contributed by atoms with Gasteiger partial charge in [-0.25, -0.2) is 0 Å². The Balaban J connectivity index is 0. The Morgan fingerprint density at radius 2 is 0.750 bits per heavy atom. The van der Waals surface area contributed by atoms with Gasteiger partial charge in [0.25, 0.3) is 0 Å². The van der Waals surface area contributed by atoms with Crippen molar-refractivity contribution in [3.8, 4) is 0 Å². The van der Waals surface area contributed by atoms with E-state index in [-0.39, 0.29) is 48.9 Å². The van der Waals surface area contributed by atoms with Crippen LogP contribution in [0.25, 0.3) is 0 Å². The minimum Gasteiger partial charge on any atom is -0.412 e. The first kappa shape index (κ1) is 81.6. The Bertz CT molecular complexity index is 6.00. The summed E-state index contributed by atoms with van der Waals surface area (Å²) in [4.78, 5) is 0. The van der Waals surface area contributed by atoms with Gasteiger partial charge in [-0.15, -0.1) is 0 Å². The standard InChI is InChI=1S/B.Na.2H2O/h;;2*1H2. The van der Waals surface area contributed by atoms with E-state index in [1.165, 1.54) is 0 Å². The van der Waals surface area contributed by atoms with Crippen LogP contribution in [0.15, 0.2) is 0 Å². The van der Waals surface area contributed by atoms with E-state index in [2.05, 4.69) is 0 Å². The molecule has 4 radical (unpaired) electrons. The Kier molecular flexibility index (Phi) is 747. The average Bonchev–Trinajstić information content (AvgIpc) is 0. The van der Waals surface area contributed by atoms with Crippen LogP contribution in [0.2, 0.25) is 0 Å². The van der Waals surface area contributed by atoms with Crippen LogP contribution in [0.3, 0.4) is 0 Å². The van der Waals surface area contributed by atoms with Gasteiger partial charge in [0.05, 0.1) is 0 Å². The van der Waals surface area contributed by atoms with Gasteiger partial charge in [0.2, 0.25) is 0 Å². The third-order valence-corrected chi connectivity index (χ3v) is 0. The second kappa shape index (κ2) is 36.6. The first-order valence-electron chi connectivity index (χ1n) is 0. The molecule has 0 saturated heterocycles.